The molecule has 1 heterocycles. The van der Waals surface area contributed by atoms with Crippen LogP contribution in [0.25, 0.3) is 0 Å². The molecule has 1 rings (SSSR count). The Bertz CT molecular complexity index is 416. The lowest BCUT2D eigenvalue weighted by molar-refractivity contribution is 0.675. The zero-order chi connectivity index (χ0) is 9.52. The zero-order valence-electron chi connectivity index (χ0n) is 7.01. The molecule has 0 aliphatic heterocycles. The van der Waals surface area contributed by atoms with Crippen LogP contribution in [0, 0.1) is 22.8 Å². The van der Waals surface area contributed by atoms with Crippen molar-refractivity contribution in [3.63, 3.8) is 0 Å². The second-order valence-corrected chi connectivity index (χ2v) is 2.37. The van der Waals surface area contributed by atoms with Gasteiger partial charge in [-0.15, -0.1) is 0 Å². The largest absolute Gasteiger partial charge is 0.331 e. The topological polar surface area (TPSA) is 64.9 Å². The molecule has 1 aromatic rings. The van der Waals surface area contributed by atoms with Gasteiger partial charge in [0.2, 0.25) is 6.19 Å². The Balaban J connectivity index is 3.01. The highest BCUT2D eigenvalue weighted by Crippen LogP contribution is 1.85. The first-order chi connectivity index (χ1) is 6.38. The smallest absolute Gasteiger partial charge is 0.207 e. The summed E-state index contributed by atoms with van der Waals surface area (Å²) in [4.78, 5) is 3.62. The summed E-state index contributed by atoms with van der Waals surface area (Å²) in [6, 6.07) is 7.42. The molecule has 0 bridgehead atoms. The maximum absolute atomic E-state index is 8.39. The number of nitriles is 2. The van der Waals surface area contributed by atoms with Crippen molar-refractivity contribution >= 4 is 0 Å². The molecule has 0 atom stereocenters. The Labute approximate surface area is 76.0 Å². The van der Waals surface area contributed by atoms with E-state index in [-0.39, 0.29) is 0 Å². The van der Waals surface area contributed by atoms with Crippen LogP contribution in [0.3, 0.4) is 0 Å². The summed E-state index contributed by atoms with van der Waals surface area (Å²) >= 11 is 0. The minimum Gasteiger partial charge on any atom is -0.331 e. The molecule has 0 aromatic carbocycles. The van der Waals surface area contributed by atoms with Crippen molar-refractivity contribution < 1.29 is 0 Å². The standard InChI is InChI=1S/C9H8N4/c10-5-3-7-13-6-2-1-4-9(13)12-8-11/h1-2,4,6H,3,7H2. The molecule has 0 N–H and O–H groups in total. The van der Waals surface area contributed by atoms with Gasteiger partial charge in [-0.3, -0.25) is 0 Å². The van der Waals surface area contributed by atoms with Crippen LogP contribution in [0.15, 0.2) is 29.4 Å². The van der Waals surface area contributed by atoms with Crippen LogP contribution in [0.2, 0.25) is 0 Å². The summed E-state index contributed by atoms with van der Waals surface area (Å²) in [6.45, 7) is 0.567. The van der Waals surface area contributed by atoms with Gasteiger partial charge in [0.1, 0.15) is 5.49 Å². The van der Waals surface area contributed by atoms with Gasteiger partial charge in [0.05, 0.1) is 12.5 Å². The van der Waals surface area contributed by atoms with E-state index in [1.54, 1.807) is 29.1 Å². The molecule has 0 spiro atoms. The summed E-state index contributed by atoms with van der Waals surface area (Å²) in [5.41, 5.74) is 0.584. The van der Waals surface area contributed by atoms with Gasteiger partial charge in [0.25, 0.3) is 0 Å². The van der Waals surface area contributed by atoms with Gasteiger partial charge in [-0.05, 0) is 12.1 Å². The Morgan fingerprint density at radius 1 is 1.38 bits per heavy atom. The number of rotatable bonds is 2. The van der Waals surface area contributed by atoms with E-state index in [9.17, 15) is 0 Å². The predicted molar refractivity (Wildman–Crippen MR) is 45.8 cm³/mol. The van der Waals surface area contributed by atoms with Crippen LogP contribution in [0.4, 0.5) is 0 Å². The molecule has 0 aliphatic rings. The van der Waals surface area contributed by atoms with Crippen LogP contribution >= 0.6 is 0 Å². The fourth-order valence-electron chi connectivity index (χ4n) is 0.980. The average molecular weight is 172 g/mol. The first kappa shape index (κ1) is 9.02. The summed E-state index contributed by atoms with van der Waals surface area (Å²) < 4.78 is 1.77. The quantitative estimate of drug-likeness (QED) is 0.619. The molecule has 0 radical (unpaired) electrons. The lowest BCUT2D eigenvalue weighted by Gasteiger charge is -2.01. The molecule has 0 saturated heterocycles. The number of pyridine rings is 1. The minimum atomic E-state index is 0.419. The van der Waals surface area contributed by atoms with Gasteiger partial charge in [0, 0.05) is 12.7 Å². The van der Waals surface area contributed by atoms with Crippen LogP contribution in [0.1, 0.15) is 6.42 Å². The Morgan fingerprint density at radius 2 is 2.23 bits per heavy atom. The molecule has 0 amide bonds. The lowest BCUT2D eigenvalue weighted by atomic mass is 10.4. The van der Waals surface area contributed by atoms with Crippen molar-refractivity contribution in [1.29, 1.82) is 10.5 Å². The molecule has 1 aromatic heterocycles. The number of hydrogen-bond acceptors (Lipinski definition) is 3. The highest BCUT2D eigenvalue weighted by Gasteiger charge is 1.90. The van der Waals surface area contributed by atoms with E-state index in [2.05, 4.69) is 4.99 Å². The molecule has 4 heteroatoms. The Kier molecular flexibility index (Phi) is 3.29. The van der Waals surface area contributed by atoms with Gasteiger partial charge in [-0.25, -0.2) is 0 Å². The third kappa shape index (κ3) is 2.46. The molecule has 0 unspecified atom stereocenters. The monoisotopic (exact) mass is 172 g/mol. The first-order valence-electron chi connectivity index (χ1n) is 3.83. The molecule has 0 fully saturated rings. The number of hydrogen-bond donors (Lipinski definition) is 0. The molecule has 0 aliphatic carbocycles. The molecule has 0 saturated carbocycles. The Hall–Kier alpha value is -2.07. The maximum Gasteiger partial charge on any atom is 0.207 e. The van der Waals surface area contributed by atoms with Crippen molar-refractivity contribution in [3.8, 4) is 12.3 Å². The molecular weight excluding hydrogens is 164 g/mol. The van der Waals surface area contributed by atoms with Gasteiger partial charge in [0.15, 0.2) is 0 Å². The zero-order valence-corrected chi connectivity index (χ0v) is 7.01. The van der Waals surface area contributed by atoms with Gasteiger partial charge in [-0.1, -0.05) is 6.07 Å². The first-order valence-corrected chi connectivity index (χ1v) is 3.83. The summed E-state index contributed by atoms with van der Waals surface area (Å²) in [6.07, 6.45) is 3.94. The fraction of sp³-hybridized carbons (Fsp3) is 0.222. The number of nitrogens with zero attached hydrogens (tertiary/aromatic N) is 4. The van der Waals surface area contributed by atoms with Gasteiger partial charge < -0.3 is 4.57 Å². The van der Waals surface area contributed by atoms with Crippen LogP contribution in [0.5, 0.6) is 0 Å². The molecule has 13 heavy (non-hydrogen) atoms. The van der Waals surface area contributed by atoms with Crippen LogP contribution < -0.4 is 5.49 Å². The van der Waals surface area contributed by atoms with Crippen molar-refractivity contribution in [2.75, 3.05) is 0 Å². The Morgan fingerprint density at radius 3 is 2.92 bits per heavy atom. The lowest BCUT2D eigenvalue weighted by Crippen LogP contribution is -2.19. The maximum atomic E-state index is 8.39. The van der Waals surface area contributed by atoms with E-state index in [1.807, 2.05) is 12.1 Å². The van der Waals surface area contributed by atoms with Crippen LogP contribution in [-0.4, -0.2) is 4.57 Å². The SMILES string of the molecule is N#CCCn1ccccc1=NC#N. The van der Waals surface area contributed by atoms with E-state index in [0.29, 0.717) is 18.5 Å². The van der Waals surface area contributed by atoms with E-state index in [4.69, 9.17) is 10.5 Å². The summed E-state index contributed by atoms with van der Waals surface area (Å²) in [5, 5.41) is 16.8. The highest BCUT2D eigenvalue weighted by molar-refractivity contribution is 4.94. The second kappa shape index (κ2) is 4.74. The van der Waals surface area contributed by atoms with Gasteiger partial charge >= 0.3 is 0 Å². The molecule has 4 nitrogen and oxygen atoms in total. The number of aromatic nitrogens is 1. The van der Waals surface area contributed by atoms with Crippen molar-refractivity contribution in [3.05, 3.63) is 29.9 Å². The van der Waals surface area contributed by atoms with E-state index in [0.717, 1.165) is 0 Å². The summed E-state index contributed by atoms with van der Waals surface area (Å²) in [5.74, 6) is 0. The third-order valence-corrected chi connectivity index (χ3v) is 1.55. The third-order valence-electron chi connectivity index (χ3n) is 1.55. The second-order valence-electron chi connectivity index (χ2n) is 2.37. The van der Waals surface area contributed by atoms with Crippen molar-refractivity contribution in [2.45, 2.75) is 13.0 Å². The fourth-order valence-corrected chi connectivity index (χ4v) is 0.980. The highest BCUT2D eigenvalue weighted by atomic mass is 15.0. The average Bonchev–Trinajstić information content (AvgIpc) is 2.17. The van der Waals surface area contributed by atoms with E-state index >= 15 is 0 Å². The predicted octanol–water partition coefficient (Wildman–Crippen LogP) is 0.784. The van der Waals surface area contributed by atoms with Crippen molar-refractivity contribution in [1.82, 2.24) is 4.57 Å². The minimum absolute atomic E-state index is 0.419. The normalized spacial score (nSPS) is 10.5. The molecular formula is C9H8N4. The number of aryl methyl sites for hydroxylation is 1. The van der Waals surface area contributed by atoms with E-state index in [1.165, 1.54) is 0 Å². The van der Waals surface area contributed by atoms with Gasteiger partial charge in [-0.2, -0.15) is 15.5 Å². The van der Waals surface area contributed by atoms with E-state index < -0.39 is 0 Å². The van der Waals surface area contributed by atoms with Crippen molar-refractivity contribution in [2.24, 2.45) is 4.99 Å². The summed E-state index contributed by atoms with van der Waals surface area (Å²) in [7, 11) is 0. The molecule has 64 valence electrons. The van der Waals surface area contributed by atoms with Crippen LogP contribution in [-0.2, 0) is 6.54 Å².